The van der Waals surface area contributed by atoms with Crippen molar-refractivity contribution in [1.82, 2.24) is 0 Å². The standard InChI is InChI=1S/C17H16O2/c1-13-3-7-15(8-4-13)9-12-17(18)19-16-10-5-14(2)6-11-16/h3-12H,1-2H3/b12-9+. The first-order valence-electron chi connectivity index (χ1n) is 6.17. The number of carbonyl (C=O) groups is 1. The third-order valence-corrected chi connectivity index (χ3v) is 2.73. The Bertz CT molecular complexity index is 578. The van der Waals surface area contributed by atoms with Gasteiger partial charge in [-0.3, -0.25) is 0 Å². The second kappa shape index (κ2) is 6.01. The Morgan fingerprint density at radius 1 is 0.895 bits per heavy atom. The molecule has 0 amide bonds. The minimum absolute atomic E-state index is 0.371. The van der Waals surface area contributed by atoms with E-state index in [4.69, 9.17) is 4.74 Å². The quantitative estimate of drug-likeness (QED) is 0.470. The fourth-order valence-electron chi connectivity index (χ4n) is 1.60. The second-order valence-electron chi connectivity index (χ2n) is 4.48. The van der Waals surface area contributed by atoms with Crippen molar-refractivity contribution in [2.75, 3.05) is 0 Å². The Hall–Kier alpha value is -2.35. The molecule has 2 heteroatoms. The first-order valence-corrected chi connectivity index (χ1v) is 6.17. The van der Waals surface area contributed by atoms with Gasteiger partial charge in [-0.2, -0.15) is 0 Å². The summed E-state index contributed by atoms with van der Waals surface area (Å²) in [5.41, 5.74) is 3.31. The van der Waals surface area contributed by atoms with Gasteiger partial charge in [-0.25, -0.2) is 4.79 Å². The molecule has 2 rings (SSSR count). The van der Waals surface area contributed by atoms with Crippen LogP contribution in [0.25, 0.3) is 6.08 Å². The summed E-state index contributed by atoms with van der Waals surface area (Å²) in [6.07, 6.45) is 3.18. The molecule has 0 bridgehead atoms. The molecular formula is C17H16O2. The van der Waals surface area contributed by atoms with Crippen LogP contribution in [-0.2, 0) is 4.79 Å². The Morgan fingerprint density at radius 2 is 1.42 bits per heavy atom. The highest BCUT2D eigenvalue weighted by molar-refractivity contribution is 5.88. The van der Waals surface area contributed by atoms with E-state index in [1.54, 1.807) is 18.2 Å². The molecule has 0 N–H and O–H groups in total. The number of carbonyl (C=O) groups excluding carboxylic acids is 1. The number of aryl methyl sites for hydroxylation is 2. The van der Waals surface area contributed by atoms with Crippen molar-refractivity contribution in [2.45, 2.75) is 13.8 Å². The zero-order chi connectivity index (χ0) is 13.7. The van der Waals surface area contributed by atoms with Crippen LogP contribution in [0.15, 0.2) is 54.6 Å². The average Bonchev–Trinajstić information content (AvgIpc) is 2.41. The van der Waals surface area contributed by atoms with Gasteiger partial charge < -0.3 is 4.74 Å². The Morgan fingerprint density at radius 3 is 2.00 bits per heavy atom. The zero-order valence-corrected chi connectivity index (χ0v) is 11.1. The van der Waals surface area contributed by atoms with Crippen LogP contribution in [0.3, 0.4) is 0 Å². The van der Waals surface area contributed by atoms with Gasteiger partial charge in [0, 0.05) is 6.08 Å². The molecule has 19 heavy (non-hydrogen) atoms. The maximum absolute atomic E-state index is 11.6. The number of rotatable bonds is 3. The van der Waals surface area contributed by atoms with Gasteiger partial charge in [0.2, 0.25) is 0 Å². The minimum Gasteiger partial charge on any atom is -0.423 e. The molecule has 0 radical (unpaired) electrons. The summed E-state index contributed by atoms with van der Waals surface area (Å²) in [5, 5.41) is 0. The molecule has 0 saturated heterocycles. The smallest absolute Gasteiger partial charge is 0.336 e. The van der Waals surface area contributed by atoms with Gasteiger partial charge in [-0.05, 0) is 37.6 Å². The van der Waals surface area contributed by atoms with E-state index in [9.17, 15) is 4.79 Å². The molecule has 96 valence electrons. The molecule has 2 nitrogen and oxygen atoms in total. The maximum Gasteiger partial charge on any atom is 0.336 e. The third-order valence-electron chi connectivity index (χ3n) is 2.73. The van der Waals surface area contributed by atoms with Gasteiger partial charge in [-0.15, -0.1) is 0 Å². The second-order valence-corrected chi connectivity index (χ2v) is 4.48. The number of ether oxygens (including phenoxy) is 1. The summed E-state index contributed by atoms with van der Waals surface area (Å²) >= 11 is 0. The van der Waals surface area contributed by atoms with E-state index in [1.165, 1.54) is 11.6 Å². The molecule has 0 atom stereocenters. The van der Waals surface area contributed by atoms with Crippen LogP contribution < -0.4 is 4.74 Å². The van der Waals surface area contributed by atoms with E-state index in [0.29, 0.717) is 5.75 Å². The van der Waals surface area contributed by atoms with E-state index in [2.05, 4.69) is 0 Å². The highest BCUT2D eigenvalue weighted by Crippen LogP contribution is 2.12. The molecular weight excluding hydrogens is 236 g/mol. The van der Waals surface area contributed by atoms with Gasteiger partial charge >= 0.3 is 5.97 Å². The van der Waals surface area contributed by atoms with Crippen LogP contribution in [0.5, 0.6) is 5.75 Å². The first-order chi connectivity index (χ1) is 9.13. The van der Waals surface area contributed by atoms with Crippen molar-refractivity contribution >= 4 is 12.0 Å². The van der Waals surface area contributed by atoms with E-state index in [0.717, 1.165) is 11.1 Å². The average molecular weight is 252 g/mol. The van der Waals surface area contributed by atoms with E-state index in [1.807, 2.05) is 50.2 Å². The zero-order valence-electron chi connectivity index (χ0n) is 11.1. The van der Waals surface area contributed by atoms with Crippen LogP contribution in [-0.4, -0.2) is 5.97 Å². The third kappa shape index (κ3) is 4.11. The highest BCUT2D eigenvalue weighted by Gasteiger charge is 1.99. The summed E-state index contributed by atoms with van der Waals surface area (Å²) in [6.45, 7) is 4.02. The molecule has 0 fully saturated rings. The van der Waals surface area contributed by atoms with E-state index >= 15 is 0 Å². The molecule has 2 aromatic rings. The molecule has 0 aliphatic heterocycles. The Kier molecular flexibility index (Phi) is 4.14. The van der Waals surface area contributed by atoms with E-state index < -0.39 is 0 Å². The number of hydrogen-bond acceptors (Lipinski definition) is 2. The van der Waals surface area contributed by atoms with E-state index in [-0.39, 0.29) is 5.97 Å². The summed E-state index contributed by atoms with van der Waals surface area (Å²) in [5.74, 6) is 0.189. The monoisotopic (exact) mass is 252 g/mol. The van der Waals surface area contributed by atoms with Gasteiger partial charge in [0.1, 0.15) is 5.75 Å². The highest BCUT2D eigenvalue weighted by atomic mass is 16.5. The Balaban J connectivity index is 1.97. The predicted octanol–water partition coefficient (Wildman–Crippen LogP) is 3.92. The maximum atomic E-state index is 11.6. The molecule has 0 aliphatic carbocycles. The number of benzene rings is 2. The molecule has 0 heterocycles. The van der Waals surface area contributed by atoms with Crippen molar-refractivity contribution in [3.63, 3.8) is 0 Å². The molecule has 0 saturated carbocycles. The SMILES string of the molecule is Cc1ccc(/C=C/C(=O)Oc2ccc(C)cc2)cc1. The van der Waals surface area contributed by atoms with Gasteiger partial charge in [0.25, 0.3) is 0 Å². The molecule has 2 aromatic carbocycles. The fraction of sp³-hybridized carbons (Fsp3) is 0.118. The molecule has 0 aliphatic rings. The van der Waals surface area contributed by atoms with Crippen molar-refractivity contribution in [3.8, 4) is 5.75 Å². The van der Waals surface area contributed by atoms with Crippen LogP contribution in [0.4, 0.5) is 0 Å². The largest absolute Gasteiger partial charge is 0.423 e. The summed E-state index contributed by atoms with van der Waals surface area (Å²) in [7, 11) is 0. The van der Waals surface area contributed by atoms with Crippen molar-refractivity contribution in [1.29, 1.82) is 0 Å². The lowest BCUT2D eigenvalue weighted by Crippen LogP contribution is -2.03. The lowest BCUT2D eigenvalue weighted by molar-refractivity contribution is -0.128. The van der Waals surface area contributed by atoms with Gasteiger partial charge in [-0.1, -0.05) is 47.5 Å². The minimum atomic E-state index is -0.371. The predicted molar refractivity (Wildman–Crippen MR) is 77.0 cm³/mol. The van der Waals surface area contributed by atoms with Crippen LogP contribution in [0.1, 0.15) is 16.7 Å². The summed E-state index contributed by atoms with van der Waals surface area (Å²) in [6, 6.07) is 15.3. The summed E-state index contributed by atoms with van der Waals surface area (Å²) in [4.78, 5) is 11.6. The normalized spacial score (nSPS) is 10.6. The van der Waals surface area contributed by atoms with Crippen LogP contribution in [0.2, 0.25) is 0 Å². The lowest BCUT2D eigenvalue weighted by atomic mass is 10.1. The number of esters is 1. The van der Waals surface area contributed by atoms with Gasteiger partial charge in [0.15, 0.2) is 0 Å². The molecule has 0 aromatic heterocycles. The summed E-state index contributed by atoms with van der Waals surface area (Å²) < 4.78 is 5.19. The van der Waals surface area contributed by atoms with Crippen molar-refractivity contribution in [3.05, 3.63) is 71.3 Å². The number of hydrogen-bond donors (Lipinski definition) is 0. The molecule has 0 unspecified atom stereocenters. The first kappa shape index (κ1) is 13.1. The fourth-order valence-corrected chi connectivity index (χ4v) is 1.60. The van der Waals surface area contributed by atoms with Crippen molar-refractivity contribution < 1.29 is 9.53 Å². The van der Waals surface area contributed by atoms with Crippen LogP contribution >= 0.6 is 0 Å². The molecule has 0 spiro atoms. The van der Waals surface area contributed by atoms with Gasteiger partial charge in [0.05, 0.1) is 0 Å². The lowest BCUT2D eigenvalue weighted by Gasteiger charge is -2.01. The Labute approximate surface area is 113 Å². The topological polar surface area (TPSA) is 26.3 Å². The van der Waals surface area contributed by atoms with Crippen molar-refractivity contribution in [2.24, 2.45) is 0 Å². The van der Waals surface area contributed by atoms with Crippen LogP contribution in [0, 0.1) is 13.8 Å².